The van der Waals surface area contributed by atoms with E-state index in [-0.39, 0.29) is 20.0 Å². The SMILES string of the molecule is CC(C)(NS(=O)(=O)c1cc(Br)c(Cl)c(C(=O)O)c1)C(N)=O. The van der Waals surface area contributed by atoms with Crippen molar-refractivity contribution < 1.29 is 23.1 Å². The zero-order valence-corrected chi connectivity index (χ0v) is 14.1. The first-order valence-corrected chi connectivity index (χ1v) is 8.10. The van der Waals surface area contributed by atoms with Gasteiger partial charge in [-0.15, -0.1) is 0 Å². The molecule has 116 valence electrons. The summed E-state index contributed by atoms with van der Waals surface area (Å²) in [5.74, 6) is -2.26. The van der Waals surface area contributed by atoms with Gasteiger partial charge in [0.1, 0.15) is 5.54 Å². The molecule has 0 fully saturated rings. The van der Waals surface area contributed by atoms with Crippen molar-refractivity contribution in [3.8, 4) is 0 Å². The molecule has 0 aliphatic heterocycles. The lowest BCUT2D eigenvalue weighted by atomic mass is 10.1. The van der Waals surface area contributed by atoms with Crippen molar-refractivity contribution in [2.45, 2.75) is 24.3 Å². The molecule has 0 unspecified atom stereocenters. The molecule has 0 heterocycles. The van der Waals surface area contributed by atoms with E-state index in [0.29, 0.717) is 0 Å². The lowest BCUT2D eigenvalue weighted by Crippen LogP contribution is -2.52. The van der Waals surface area contributed by atoms with Crippen molar-refractivity contribution in [2.24, 2.45) is 5.73 Å². The zero-order chi connectivity index (χ0) is 16.6. The van der Waals surface area contributed by atoms with Crippen molar-refractivity contribution in [1.29, 1.82) is 0 Å². The number of rotatable bonds is 5. The second kappa shape index (κ2) is 5.91. The number of nitrogens with one attached hydrogen (secondary N) is 1. The Hall–Kier alpha value is -1.16. The first-order chi connectivity index (χ1) is 9.38. The Labute approximate surface area is 134 Å². The number of carboxylic acid groups (broad SMARTS) is 1. The lowest BCUT2D eigenvalue weighted by molar-refractivity contribution is -0.122. The van der Waals surface area contributed by atoms with Crippen LogP contribution >= 0.6 is 27.5 Å². The molecule has 0 saturated carbocycles. The smallest absolute Gasteiger partial charge is 0.337 e. The number of nitrogens with two attached hydrogens (primary N) is 1. The minimum atomic E-state index is -4.16. The van der Waals surface area contributed by atoms with E-state index in [1.165, 1.54) is 13.8 Å². The fraction of sp³-hybridized carbons (Fsp3) is 0.273. The van der Waals surface area contributed by atoms with Crippen LogP contribution in [0.3, 0.4) is 0 Å². The van der Waals surface area contributed by atoms with Crippen molar-refractivity contribution in [2.75, 3.05) is 0 Å². The molecule has 1 aromatic rings. The largest absolute Gasteiger partial charge is 0.478 e. The fourth-order valence-corrected chi connectivity index (χ4v) is 3.56. The summed E-state index contributed by atoms with van der Waals surface area (Å²) in [5, 5.41) is 8.88. The molecule has 4 N–H and O–H groups in total. The first-order valence-electron chi connectivity index (χ1n) is 5.44. The number of carbonyl (C=O) groups excluding carboxylic acids is 1. The highest BCUT2D eigenvalue weighted by Crippen LogP contribution is 2.30. The minimum absolute atomic E-state index is 0.0984. The normalized spacial score (nSPS) is 12.2. The number of hydrogen-bond donors (Lipinski definition) is 3. The van der Waals surface area contributed by atoms with E-state index in [0.717, 1.165) is 12.1 Å². The van der Waals surface area contributed by atoms with Crippen molar-refractivity contribution in [1.82, 2.24) is 4.72 Å². The van der Waals surface area contributed by atoms with Crippen LogP contribution in [0.25, 0.3) is 0 Å². The molecule has 1 aromatic carbocycles. The number of aromatic carboxylic acids is 1. The van der Waals surface area contributed by atoms with Gasteiger partial charge in [0.2, 0.25) is 15.9 Å². The molecule has 0 saturated heterocycles. The monoisotopic (exact) mass is 398 g/mol. The van der Waals surface area contributed by atoms with Crippen LogP contribution in [0.2, 0.25) is 5.02 Å². The predicted octanol–water partition coefficient (Wildman–Crippen LogP) is 1.34. The molecule has 0 aliphatic carbocycles. The third-order valence-corrected chi connectivity index (χ3v) is 5.44. The maximum absolute atomic E-state index is 12.2. The van der Waals surface area contributed by atoms with Crippen LogP contribution in [-0.2, 0) is 14.8 Å². The van der Waals surface area contributed by atoms with Gasteiger partial charge in [-0.05, 0) is 41.9 Å². The standard InChI is InChI=1S/C11H12BrClN2O5S/c1-11(2,10(14)18)15-21(19,20)5-3-6(9(16)17)8(13)7(12)4-5/h3-4,15H,1-2H3,(H2,14,18)(H,16,17). The molecular weight excluding hydrogens is 388 g/mol. The van der Waals surface area contributed by atoms with Crippen molar-refractivity contribution in [3.05, 3.63) is 27.2 Å². The van der Waals surface area contributed by atoms with Gasteiger partial charge in [0, 0.05) is 4.47 Å². The second-order valence-corrected chi connectivity index (χ2v) is 7.58. The molecule has 0 atom stereocenters. The summed E-state index contributed by atoms with van der Waals surface area (Å²) in [5.41, 5.74) is 3.18. The van der Waals surface area contributed by atoms with Gasteiger partial charge in [0.05, 0.1) is 15.5 Å². The van der Waals surface area contributed by atoms with Gasteiger partial charge in [-0.2, -0.15) is 4.72 Å². The molecule has 0 radical (unpaired) electrons. The summed E-state index contributed by atoms with van der Waals surface area (Å²) in [4.78, 5) is 21.9. The summed E-state index contributed by atoms with van der Waals surface area (Å²) in [6.45, 7) is 2.58. The van der Waals surface area contributed by atoms with Gasteiger partial charge < -0.3 is 10.8 Å². The van der Waals surface area contributed by atoms with E-state index in [4.69, 9.17) is 22.4 Å². The Bertz CT molecular complexity index is 718. The third kappa shape index (κ3) is 3.94. The Balaban J connectivity index is 3.40. The number of sulfonamides is 1. The number of amides is 1. The number of hydrogen-bond acceptors (Lipinski definition) is 4. The van der Waals surface area contributed by atoms with E-state index in [1.54, 1.807) is 0 Å². The topological polar surface area (TPSA) is 127 Å². The molecule has 0 spiro atoms. The summed E-state index contributed by atoms with van der Waals surface area (Å²) < 4.78 is 26.6. The number of carboxylic acids is 1. The quantitative estimate of drug-likeness (QED) is 0.688. The number of primary amides is 1. The van der Waals surface area contributed by atoms with Gasteiger partial charge in [-0.25, -0.2) is 13.2 Å². The van der Waals surface area contributed by atoms with E-state index in [1.807, 2.05) is 0 Å². The summed E-state index contributed by atoms with van der Waals surface area (Å²) in [7, 11) is -4.16. The molecule has 1 amide bonds. The third-order valence-electron chi connectivity index (χ3n) is 2.55. The summed E-state index contributed by atoms with van der Waals surface area (Å²) in [6.07, 6.45) is 0. The van der Waals surface area contributed by atoms with Crippen LogP contribution < -0.4 is 10.5 Å². The molecule has 7 nitrogen and oxygen atoms in total. The maximum atomic E-state index is 12.2. The molecule has 0 bridgehead atoms. The summed E-state index contributed by atoms with van der Waals surface area (Å²) in [6, 6.07) is 2.03. The maximum Gasteiger partial charge on any atom is 0.337 e. The van der Waals surface area contributed by atoms with Crippen LogP contribution in [0.5, 0.6) is 0 Å². The van der Waals surface area contributed by atoms with Crippen LogP contribution in [0.15, 0.2) is 21.5 Å². The first kappa shape index (κ1) is 17.9. The highest BCUT2D eigenvalue weighted by Gasteiger charge is 2.32. The van der Waals surface area contributed by atoms with Crippen LogP contribution in [0.4, 0.5) is 0 Å². The highest BCUT2D eigenvalue weighted by atomic mass is 79.9. The van der Waals surface area contributed by atoms with E-state index >= 15 is 0 Å². The molecular formula is C11H12BrClN2O5S. The van der Waals surface area contributed by atoms with E-state index in [9.17, 15) is 18.0 Å². The molecule has 10 heteroatoms. The fourth-order valence-electron chi connectivity index (χ4n) is 1.32. The van der Waals surface area contributed by atoms with Crippen LogP contribution in [0.1, 0.15) is 24.2 Å². The average Bonchev–Trinajstić information content (AvgIpc) is 2.30. The van der Waals surface area contributed by atoms with Crippen molar-refractivity contribution >= 4 is 49.4 Å². The minimum Gasteiger partial charge on any atom is -0.478 e. The summed E-state index contributed by atoms with van der Waals surface area (Å²) >= 11 is 8.76. The van der Waals surface area contributed by atoms with Crippen LogP contribution in [0, 0.1) is 0 Å². The molecule has 0 aliphatic rings. The average molecular weight is 400 g/mol. The number of halogens is 2. The molecule has 21 heavy (non-hydrogen) atoms. The van der Waals surface area contributed by atoms with Gasteiger partial charge in [-0.1, -0.05) is 11.6 Å². The second-order valence-electron chi connectivity index (χ2n) is 4.67. The number of carbonyl (C=O) groups is 2. The van der Waals surface area contributed by atoms with Crippen LogP contribution in [-0.4, -0.2) is 30.9 Å². The van der Waals surface area contributed by atoms with Gasteiger partial charge in [0.15, 0.2) is 0 Å². The molecule has 1 rings (SSSR count). The predicted molar refractivity (Wildman–Crippen MR) is 79.7 cm³/mol. The Morgan fingerprint density at radius 1 is 1.38 bits per heavy atom. The number of benzene rings is 1. The Morgan fingerprint density at radius 2 is 1.90 bits per heavy atom. The van der Waals surface area contributed by atoms with Gasteiger partial charge in [-0.3, -0.25) is 4.79 Å². The Kier molecular flexibility index (Phi) is 5.04. The van der Waals surface area contributed by atoms with E-state index in [2.05, 4.69) is 20.7 Å². The lowest BCUT2D eigenvalue weighted by Gasteiger charge is -2.22. The van der Waals surface area contributed by atoms with Gasteiger partial charge >= 0.3 is 5.97 Å². The Morgan fingerprint density at radius 3 is 2.33 bits per heavy atom. The highest BCUT2D eigenvalue weighted by molar-refractivity contribution is 9.10. The van der Waals surface area contributed by atoms with Crippen molar-refractivity contribution in [3.63, 3.8) is 0 Å². The van der Waals surface area contributed by atoms with Gasteiger partial charge in [0.25, 0.3) is 0 Å². The molecule has 0 aromatic heterocycles. The zero-order valence-electron chi connectivity index (χ0n) is 11.0. The van der Waals surface area contributed by atoms with E-state index < -0.39 is 27.4 Å².